The molecule has 120 valence electrons. The van der Waals surface area contributed by atoms with Crippen molar-refractivity contribution in [1.82, 2.24) is 10.3 Å². The van der Waals surface area contributed by atoms with Gasteiger partial charge in [-0.25, -0.2) is 9.37 Å². The van der Waals surface area contributed by atoms with Crippen molar-refractivity contribution >= 4 is 17.6 Å². The minimum atomic E-state index is -0.841. The number of nitrogens with one attached hydrogen (secondary N) is 1. The Hall–Kier alpha value is -2.96. The fourth-order valence-corrected chi connectivity index (χ4v) is 2.13. The van der Waals surface area contributed by atoms with Gasteiger partial charge in [0.2, 0.25) is 5.91 Å². The molecule has 0 fully saturated rings. The summed E-state index contributed by atoms with van der Waals surface area (Å²) in [5.74, 6) is -1.33. The van der Waals surface area contributed by atoms with Crippen LogP contribution in [0.15, 0.2) is 36.5 Å². The van der Waals surface area contributed by atoms with E-state index in [1.165, 1.54) is 6.07 Å². The molecule has 0 spiro atoms. The van der Waals surface area contributed by atoms with E-state index in [9.17, 15) is 14.0 Å². The number of halogens is 1. The number of nitrogens with zero attached hydrogens (tertiary/aromatic N) is 1. The van der Waals surface area contributed by atoms with Crippen LogP contribution in [0.2, 0.25) is 0 Å². The fourth-order valence-electron chi connectivity index (χ4n) is 2.13. The maximum absolute atomic E-state index is 13.6. The Morgan fingerprint density at radius 1 is 1.22 bits per heavy atom. The fraction of sp³-hybridized carbons (Fsp3) is 0.188. The zero-order chi connectivity index (χ0) is 16.8. The van der Waals surface area contributed by atoms with Gasteiger partial charge in [0, 0.05) is 19.2 Å². The van der Waals surface area contributed by atoms with Crippen LogP contribution < -0.4 is 16.8 Å². The van der Waals surface area contributed by atoms with Crippen LogP contribution in [0.1, 0.15) is 27.9 Å². The van der Waals surface area contributed by atoms with Gasteiger partial charge in [0.1, 0.15) is 11.6 Å². The number of hydrogen-bond donors (Lipinski definition) is 3. The molecule has 0 aliphatic rings. The Balaban J connectivity index is 1.91. The van der Waals surface area contributed by atoms with Gasteiger partial charge in [-0.2, -0.15) is 0 Å². The molecule has 6 nitrogen and oxygen atoms in total. The van der Waals surface area contributed by atoms with Crippen LogP contribution in [-0.4, -0.2) is 16.8 Å². The van der Waals surface area contributed by atoms with E-state index in [0.717, 1.165) is 11.6 Å². The topological polar surface area (TPSA) is 111 Å². The maximum Gasteiger partial charge on any atom is 0.251 e. The SMILES string of the molecule is NC(=O)c1c(F)cccc1CCC(=O)NCc1ccc(N)nc1. The molecule has 23 heavy (non-hydrogen) atoms. The molecule has 0 unspecified atom stereocenters. The number of carbonyl (C=O) groups excluding carboxylic acids is 2. The number of rotatable bonds is 6. The van der Waals surface area contributed by atoms with Gasteiger partial charge in [-0.15, -0.1) is 0 Å². The van der Waals surface area contributed by atoms with Crippen LogP contribution in [0, 0.1) is 5.82 Å². The first kappa shape index (κ1) is 16.4. The van der Waals surface area contributed by atoms with E-state index >= 15 is 0 Å². The minimum absolute atomic E-state index is 0.117. The van der Waals surface area contributed by atoms with Gasteiger partial charge in [0.05, 0.1) is 5.56 Å². The summed E-state index contributed by atoms with van der Waals surface area (Å²) in [4.78, 5) is 27.1. The third-order valence-corrected chi connectivity index (χ3v) is 3.30. The zero-order valence-corrected chi connectivity index (χ0v) is 12.4. The number of aryl methyl sites for hydroxylation is 1. The van der Waals surface area contributed by atoms with Gasteiger partial charge >= 0.3 is 0 Å². The average Bonchev–Trinajstić information content (AvgIpc) is 2.52. The standard InChI is InChI=1S/C16H17FN4O2/c17-12-3-1-2-11(15(12)16(19)23)5-7-14(22)21-9-10-4-6-13(18)20-8-10/h1-4,6,8H,5,7,9H2,(H2,18,20)(H2,19,23)(H,21,22). The molecule has 0 saturated heterocycles. The molecule has 0 aliphatic carbocycles. The van der Waals surface area contributed by atoms with Crippen LogP contribution in [0.25, 0.3) is 0 Å². The van der Waals surface area contributed by atoms with Gasteiger partial charge in [0.15, 0.2) is 0 Å². The number of pyridine rings is 1. The lowest BCUT2D eigenvalue weighted by Crippen LogP contribution is -2.24. The molecule has 5 N–H and O–H groups in total. The third kappa shape index (κ3) is 4.50. The normalized spacial score (nSPS) is 10.3. The van der Waals surface area contributed by atoms with Gasteiger partial charge in [-0.05, 0) is 29.7 Å². The van der Waals surface area contributed by atoms with E-state index in [-0.39, 0.29) is 24.3 Å². The van der Waals surface area contributed by atoms with Crippen LogP contribution in [-0.2, 0) is 17.8 Å². The molecule has 2 aromatic rings. The molecule has 0 aliphatic heterocycles. The van der Waals surface area contributed by atoms with Crippen LogP contribution >= 0.6 is 0 Å². The number of anilines is 1. The monoisotopic (exact) mass is 316 g/mol. The van der Waals surface area contributed by atoms with E-state index in [1.807, 2.05) is 0 Å². The minimum Gasteiger partial charge on any atom is -0.384 e. The quantitative estimate of drug-likeness (QED) is 0.742. The summed E-state index contributed by atoms with van der Waals surface area (Å²) in [6.45, 7) is 0.317. The Morgan fingerprint density at radius 2 is 2.00 bits per heavy atom. The Morgan fingerprint density at radius 3 is 2.65 bits per heavy atom. The second-order valence-electron chi connectivity index (χ2n) is 5.01. The summed E-state index contributed by atoms with van der Waals surface area (Å²) in [6, 6.07) is 7.64. The largest absolute Gasteiger partial charge is 0.384 e. The molecule has 7 heteroatoms. The number of hydrogen-bond acceptors (Lipinski definition) is 4. The van der Waals surface area contributed by atoms with Crippen molar-refractivity contribution in [3.8, 4) is 0 Å². The van der Waals surface area contributed by atoms with Crippen molar-refractivity contribution in [3.63, 3.8) is 0 Å². The molecule has 0 atom stereocenters. The van der Waals surface area contributed by atoms with Crippen molar-refractivity contribution in [2.75, 3.05) is 5.73 Å². The lowest BCUT2D eigenvalue weighted by atomic mass is 10.0. The summed E-state index contributed by atoms with van der Waals surface area (Å²) in [5, 5.41) is 2.72. The van der Waals surface area contributed by atoms with Gasteiger partial charge in [-0.1, -0.05) is 18.2 Å². The van der Waals surface area contributed by atoms with Crippen LogP contribution in [0.3, 0.4) is 0 Å². The molecule has 0 radical (unpaired) electrons. The second-order valence-corrected chi connectivity index (χ2v) is 5.01. The molecular weight excluding hydrogens is 299 g/mol. The lowest BCUT2D eigenvalue weighted by Gasteiger charge is -2.08. The Bertz CT molecular complexity index is 717. The van der Waals surface area contributed by atoms with Crippen LogP contribution in [0.5, 0.6) is 0 Å². The number of nitrogens with two attached hydrogens (primary N) is 2. The summed E-state index contributed by atoms with van der Waals surface area (Å²) in [7, 11) is 0. The summed E-state index contributed by atoms with van der Waals surface area (Å²) in [6.07, 6.45) is 1.92. The molecule has 2 amide bonds. The molecule has 0 saturated carbocycles. The predicted molar refractivity (Wildman–Crippen MR) is 83.7 cm³/mol. The van der Waals surface area contributed by atoms with Gasteiger partial charge < -0.3 is 16.8 Å². The third-order valence-electron chi connectivity index (χ3n) is 3.30. The van der Waals surface area contributed by atoms with Crippen molar-refractivity contribution in [3.05, 3.63) is 59.0 Å². The van der Waals surface area contributed by atoms with Crippen molar-refractivity contribution in [2.45, 2.75) is 19.4 Å². The van der Waals surface area contributed by atoms with Gasteiger partial charge in [-0.3, -0.25) is 9.59 Å². The van der Waals surface area contributed by atoms with E-state index in [2.05, 4.69) is 10.3 Å². The summed E-state index contributed by atoms with van der Waals surface area (Å²) >= 11 is 0. The maximum atomic E-state index is 13.6. The van der Waals surface area contributed by atoms with Gasteiger partial charge in [0.25, 0.3) is 5.91 Å². The number of carbonyl (C=O) groups is 2. The second kappa shape index (κ2) is 7.35. The first-order valence-electron chi connectivity index (χ1n) is 7.01. The molecule has 1 aromatic carbocycles. The molecule has 2 rings (SSSR count). The average molecular weight is 316 g/mol. The lowest BCUT2D eigenvalue weighted by molar-refractivity contribution is -0.121. The number of nitrogen functional groups attached to an aromatic ring is 1. The number of aromatic nitrogens is 1. The highest BCUT2D eigenvalue weighted by Crippen LogP contribution is 2.15. The first-order valence-corrected chi connectivity index (χ1v) is 7.01. The number of benzene rings is 1. The van der Waals surface area contributed by atoms with E-state index in [0.29, 0.717) is 17.9 Å². The van der Waals surface area contributed by atoms with E-state index in [1.54, 1.807) is 24.4 Å². The smallest absolute Gasteiger partial charge is 0.251 e. The molecular formula is C16H17FN4O2. The Kier molecular flexibility index (Phi) is 5.24. The predicted octanol–water partition coefficient (Wildman–Crippen LogP) is 1.15. The van der Waals surface area contributed by atoms with Crippen molar-refractivity contribution in [2.24, 2.45) is 5.73 Å². The highest BCUT2D eigenvalue weighted by atomic mass is 19.1. The molecule has 1 heterocycles. The van der Waals surface area contributed by atoms with Crippen molar-refractivity contribution in [1.29, 1.82) is 0 Å². The Labute approximate surface area is 132 Å². The number of primary amides is 1. The molecule has 0 bridgehead atoms. The highest BCUT2D eigenvalue weighted by Gasteiger charge is 2.14. The number of amides is 2. The van der Waals surface area contributed by atoms with E-state index < -0.39 is 11.7 Å². The molecule has 1 aromatic heterocycles. The van der Waals surface area contributed by atoms with Crippen molar-refractivity contribution < 1.29 is 14.0 Å². The van der Waals surface area contributed by atoms with E-state index in [4.69, 9.17) is 11.5 Å². The van der Waals surface area contributed by atoms with Crippen LogP contribution in [0.4, 0.5) is 10.2 Å². The summed E-state index contributed by atoms with van der Waals surface area (Å²) in [5.41, 5.74) is 11.7. The highest BCUT2D eigenvalue weighted by molar-refractivity contribution is 5.94. The first-order chi connectivity index (χ1) is 11.0. The zero-order valence-electron chi connectivity index (χ0n) is 12.4. The summed E-state index contributed by atoms with van der Waals surface area (Å²) < 4.78 is 13.6.